The molecule has 1 atom stereocenters. The van der Waals surface area contributed by atoms with Gasteiger partial charge in [0.2, 0.25) is 0 Å². The summed E-state index contributed by atoms with van der Waals surface area (Å²) in [5, 5.41) is 4.72. The predicted octanol–water partition coefficient (Wildman–Crippen LogP) is 4.80. The Hall–Kier alpha value is -2.13. The lowest BCUT2D eigenvalue weighted by Crippen LogP contribution is -2.03. The molecule has 0 amide bonds. The molecule has 0 saturated heterocycles. The second kappa shape index (κ2) is 5.82. The highest BCUT2D eigenvalue weighted by atomic mass is 35.5. The Morgan fingerprint density at radius 2 is 2.09 bits per heavy atom. The zero-order valence-corrected chi connectivity index (χ0v) is 13.8. The molecule has 0 fully saturated rings. The third-order valence-corrected chi connectivity index (χ3v) is 4.90. The summed E-state index contributed by atoms with van der Waals surface area (Å²) < 4.78 is 6.11. The summed E-state index contributed by atoms with van der Waals surface area (Å²) >= 11 is 6.15. The van der Waals surface area contributed by atoms with Crippen LogP contribution < -0.4 is 10.1 Å². The molecule has 1 aromatic heterocycles. The van der Waals surface area contributed by atoms with E-state index in [1.807, 2.05) is 24.4 Å². The number of fused-ring (bicyclic) bond motifs is 3. The van der Waals surface area contributed by atoms with Crippen LogP contribution in [-0.4, -0.2) is 17.4 Å². The van der Waals surface area contributed by atoms with Crippen LogP contribution in [0.2, 0.25) is 0 Å². The first-order valence-corrected chi connectivity index (χ1v) is 8.42. The number of ether oxygens (including phenoxy) is 1. The highest BCUT2D eigenvalue weighted by Gasteiger charge is 2.27. The second-order valence-electron chi connectivity index (χ2n) is 6.06. The van der Waals surface area contributed by atoms with Gasteiger partial charge in [0.1, 0.15) is 12.4 Å². The van der Waals surface area contributed by atoms with Crippen molar-refractivity contribution in [2.24, 2.45) is 0 Å². The first-order valence-electron chi connectivity index (χ1n) is 7.89. The van der Waals surface area contributed by atoms with Gasteiger partial charge in [-0.1, -0.05) is 30.3 Å². The molecule has 1 aliphatic heterocycles. The number of benzene rings is 2. The molecule has 23 heavy (non-hydrogen) atoms. The highest BCUT2D eigenvalue weighted by Crippen LogP contribution is 2.43. The summed E-state index contributed by atoms with van der Waals surface area (Å²) in [5.74, 6) is 1.87. The minimum atomic E-state index is 0.354. The lowest BCUT2D eigenvalue weighted by atomic mass is 9.97. The number of halogens is 1. The molecule has 4 heteroatoms. The number of hydrogen-bond acceptors (Lipinski definition) is 2. The Kier molecular flexibility index (Phi) is 3.66. The molecule has 118 valence electrons. The molecule has 0 saturated carbocycles. The number of aromatic nitrogens is 1. The Morgan fingerprint density at radius 1 is 1.26 bits per heavy atom. The van der Waals surface area contributed by atoms with Crippen molar-refractivity contribution in [3.8, 4) is 5.75 Å². The monoisotopic (exact) mass is 326 g/mol. The fourth-order valence-electron chi connectivity index (χ4n) is 3.37. The van der Waals surface area contributed by atoms with Crippen LogP contribution in [0.3, 0.4) is 0 Å². The Labute approximate surface area is 140 Å². The molecule has 2 N–H and O–H groups in total. The molecule has 2 heterocycles. The van der Waals surface area contributed by atoms with Gasteiger partial charge in [-0.25, -0.2) is 0 Å². The number of anilines is 1. The number of alkyl halides is 1. The van der Waals surface area contributed by atoms with Crippen LogP contribution >= 0.6 is 11.6 Å². The van der Waals surface area contributed by atoms with E-state index in [2.05, 4.69) is 35.4 Å². The van der Waals surface area contributed by atoms with Crippen LogP contribution in [0.5, 0.6) is 5.75 Å². The maximum atomic E-state index is 6.15. The van der Waals surface area contributed by atoms with Gasteiger partial charge in [-0.15, -0.1) is 11.6 Å². The number of aryl methyl sites for hydroxylation is 1. The van der Waals surface area contributed by atoms with Crippen molar-refractivity contribution in [3.63, 3.8) is 0 Å². The third kappa shape index (κ3) is 2.45. The zero-order chi connectivity index (χ0) is 15.8. The van der Waals surface area contributed by atoms with Crippen molar-refractivity contribution >= 4 is 28.2 Å². The minimum absolute atomic E-state index is 0.354. The van der Waals surface area contributed by atoms with Gasteiger partial charge in [0, 0.05) is 41.7 Å². The van der Waals surface area contributed by atoms with E-state index in [9.17, 15) is 0 Å². The fraction of sp³-hybridized carbons (Fsp3) is 0.263. The average Bonchev–Trinajstić information content (AvgIpc) is 3.17. The molecule has 1 aliphatic rings. The van der Waals surface area contributed by atoms with E-state index in [-0.39, 0.29) is 0 Å². The molecule has 0 radical (unpaired) electrons. The van der Waals surface area contributed by atoms with Crippen molar-refractivity contribution in [1.29, 1.82) is 0 Å². The van der Waals surface area contributed by atoms with Crippen LogP contribution in [0.4, 0.5) is 5.69 Å². The number of H-pyrrole nitrogens is 1. The molecule has 2 aromatic carbocycles. The van der Waals surface area contributed by atoms with Crippen LogP contribution in [-0.2, 0) is 6.61 Å². The van der Waals surface area contributed by atoms with E-state index in [1.165, 1.54) is 16.5 Å². The van der Waals surface area contributed by atoms with Crippen molar-refractivity contribution in [1.82, 2.24) is 4.98 Å². The number of aromatic amines is 1. The topological polar surface area (TPSA) is 37.0 Å². The number of hydrogen-bond donors (Lipinski definition) is 2. The predicted molar refractivity (Wildman–Crippen MR) is 95.8 cm³/mol. The van der Waals surface area contributed by atoms with E-state index >= 15 is 0 Å². The maximum Gasteiger partial charge on any atom is 0.145 e. The van der Waals surface area contributed by atoms with Gasteiger partial charge in [0.05, 0.1) is 5.52 Å². The molecule has 0 bridgehead atoms. The highest BCUT2D eigenvalue weighted by molar-refractivity contribution is 6.18. The second-order valence-corrected chi connectivity index (χ2v) is 6.37. The van der Waals surface area contributed by atoms with E-state index < -0.39 is 0 Å². The quantitative estimate of drug-likeness (QED) is 0.675. The van der Waals surface area contributed by atoms with Crippen LogP contribution in [0.25, 0.3) is 10.9 Å². The van der Waals surface area contributed by atoms with Gasteiger partial charge in [-0.2, -0.15) is 0 Å². The Balaban J connectivity index is 1.75. The van der Waals surface area contributed by atoms with Gasteiger partial charge in [0.15, 0.2) is 0 Å². The molecule has 0 spiro atoms. The Bertz CT molecular complexity index is 841. The van der Waals surface area contributed by atoms with E-state index in [4.69, 9.17) is 16.3 Å². The van der Waals surface area contributed by atoms with Crippen LogP contribution in [0, 0.1) is 6.92 Å². The summed E-state index contributed by atoms with van der Waals surface area (Å²) in [6.07, 6.45) is 2.05. The zero-order valence-electron chi connectivity index (χ0n) is 13.0. The third-order valence-electron chi connectivity index (χ3n) is 4.53. The summed E-state index contributed by atoms with van der Waals surface area (Å²) in [5.41, 5.74) is 5.93. The van der Waals surface area contributed by atoms with Crippen molar-refractivity contribution < 1.29 is 4.74 Å². The lowest BCUT2D eigenvalue weighted by molar-refractivity contribution is 0.309. The van der Waals surface area contributed by atoms with Crippen LogP contribution in [0.15, 0.2) is 42.6 Å². The van der Waals surface area contributed by atoms with Crippen molar-refractivity contribution in [2.45, 2.75) is 19.4 Å². The van der Waals surface area contributed by atoms with Crippen molar-refractivity contribution in [2.75, 3.05) is 17.7 Å². The lowest BCUT2D eigenvalue weighted by Gasteiger charge is -2.13. The molecule has 3 nitrogen and oxygen atoms in total. The molecular formula is C19H19ClN2O. The minimum Gasteiger partial charge on any atom is -0.487 e. The average molecular weight is 327 g/mol. The van der Waals surface area contributed by atoms with Gasteiger partial charge in [-0.3, -0.25) is 0 Å². The van der Waals surface area contributed by atoms with Crippen molar-refractivity contribution in [3.05, 3.63) is 59.3 Å². The van der Waals surface area contributed by atoms with E-state index in [0.29, 0.717) is 18.4 Å². The van der Waals surface area contributed by atoms with Gasteiger partial charge >= 0.3 is 0 Å². The van der Waals surface area contributed by atoms with Gasteiger partial charge in [-0.05, 0) is 23.6 Å². The Morgan fingerprint density at radius 3 is 2.87 bits per heavy atom. The summed E-state index contributed by atoms with van der Waals surface area (Å²) in [7, 11) is 0. The summed E-state index contributed by atoms with van der Waals surface area (Å²) in [6, 6.07) is 12.3. The number of rotatable bonds is 4. The SMILES string of the molecule is Cc1c[nH]c2c(OCc3ccccc3)cc3c(c12)[C@H](CCl)CN3. The largest absolute Gasteiger partial charge is 0.487 e. The normalized spacial score (nSPS) is 16.3. The molecule has 3 aromatic rings. The summed E-state index contributed by atoms with van der Waals surface area (Å²) in [4.78, 5) is 3.37. The fourth-order valence-corrected chi connectivity index (χ4v) is 3.63. The van der Waals surface area contributed by atoms with Crippen LogP contribution in [0.1, 0.15) is 22.6 Å². The maximum absolute atomic E-state index is 6.15. The first-order chi connectivity index (χ1) is 11.3. The van der Waals surface area contributed by atoms with Gasteiger partial charge in [0.25, 0.3) is 0 Å². The summed E-state index contributed by atoms with van der Waals surface area (Å²) in [6.45, 7) is 3.58. The standard InChI is InChI=1S/C19H19ClN2O/c1-12-9-22-19-16(23-11-13-5-3-2-4-6-13)7-15-18(17(12)19)14(8-20)10-21-15/h2-7,9,14,21-22H,8,10-11H2,1H3/t14-/m1/s1. The van der Waals surface area contributed by atoms with E-state index in [1.54, 1.807) is 0 Å². The van der Waals surface area contributed by atoms with Gasteiger partial charge < -0.3 is 15.0 Å². The molecular weight excluding hydrogens is 308 g/mol. The molecule has 0 unspecified atom stereocenters. The first kappa shape index (κ1) is 14.5. The number of nitrogens with one attached hydrogen (secondary N) is 2. The van der Waals surface area contributed by atoms with E-state index in [0.717, 1.165) is 29.1 Å². The molecule has 4 rings (SSSR count). The molecule has 0 aliphatic carbocycles. The smallest absolute Gasteiger partial charge is 0.145 e.